The molecule has 2 aromatic heterocycles. The summed E-state index contributed by atoms with van der Waals surface area (Å²) in [5, 5.41) is 3.64. The van der Waals surface area contributed by atoms with E-state index in [1.165, 1.54) is 0 Å². The Bertz CT molecular complexity index is 861. The van der Waals surface area contributed by atoms with E-state index in [2.05, 4.69) is 15.1 Å². The maximum atomic E-state index is 12.2. The summed E-state index contributed by atoms with van der Waals surface area (Å²) < 4.78 is 12.2. The molecule has 0 radical (unpaired) electrons. The molecular formula is C17H17N3NaO2PS. The van der Waals surface area contributed by atoms with E-state index < -0.39 is 6.72 Å². The largest absolute Gasteiger partial charge is 1.00 e. The molecule has 5 nitrogen and oxygen atoms in total. The number of fused-ring (bicyclic) bond motifs is 1. The van der Waals surface area contributed by atoms with Crippen molar-refractivity contribution in [3.05, 3.63) is 72.2 Å². The standard InChI is InChI=1S/C17H18N3O2PS.Na/c21-23(22,20-12-9-16-8-1-2-10-18-16)24-13-15-6-3-5-14-7-4-11-19-17(14)15;/h1-8,10-11H,9,12-13H2,(H2,20,21,22);/q;+1/p-1. The first kappa shape index (κ1) is 20.6. The maximum Gasteiger partial charge on any atom is 1.00 e. The minimum absolute atomic E-state index is 0. The van der Waals surface area contributed by atoms with Gasteiger partial charge in [-0.05, 0) is 23.8 Å². The SMILES string of the molecule is O=P([O-])(NCCc1ccccn1)SCc1cccc2cccnc12.[Na+]. The summed E-state index contributed by atoms with van der Waals surface area (Å²) >= 11 is 0.910. The quantitative estimate of drug-likeness (QED) is 0.464. The summed E-state index contributed by atoms with van der Waals surface area (Å²) in [4.78, 5) is 20.7. The number of pyridine rings is 2. The number of hydrogen-bond acceptors (Lipinski definition) is 5. The third kappa shape index (κ3) is 6.19. The number of benzene rings is 1. The van der Waals surface area contributed by atoms with Crippen molar-refractivity contribution in [1.82, 2.24) is 15.1 Å². The van der Waals surface area contributed by atoms with Crippen molar-refractivity contribution in [1.29, 1.82) is 0 Å². The van der Waals surface area contributed by atoms with Gasteiger partial charge in [-0.1, -0.05) is 41.7 Å². The average molecular weight is 381 g/mol. The van der Waals surface area contributed by atoms with Gasteiger partial charge < -0.3 is 9.46 Å². The Labute approximate surface area is 173 Å². The topological polar surface area (TPSA) is 77.9 Å². The van der Waals surface area contributed by atoms with Crippen LogP contribution in [0, 0.1) is 0 Å². The molecule has 124 valence electrons. The molecule has 0 aliphatic rings. The van der Waals surface area contributed by atoms with Crippen LogP contribution in [-0.4, -0.2) is 16.5 Å². The number of rotatable bonds is 7. The van der Waals surface area contributed by atoms with Gasteiger partial charge in [-0.25, -0.2) is 0 Å². The Morgan fingerprint density at radius 3 is 2.64 bits per heavy atom. The van der Waals surface area contributed by atoms with Crippen molar-refractivity contribution < 1.29 is 39.0 Å². The first-order valence-corrected chi connectivity index (χ1v) is 10.8. The predicted octanol–water partition coefficient (Wildman–Crippen LogP) is 0.168. The molecule has 0 aliphatic heterocycles. The summed E-state index contributed by atoms with van der Waals surface area (Å²) in [5.41, 5.74) is 2.63. The molecule has 0 amide bonds. The molecule has 2 heterocycles. The number of nitrogens with one attached hydrogen (secondary N) is 1. The second-order valence-corrected chi connectivity index (χ2v) is 9.32. The van der Waals surface area contributed by atoms with Crippen LogP contribution in [0.4, 0.5) is 0 Å². The van der Waals surface area contributed by atoms with Crippen LogP contribution < -0.4 is 39.5 Å². The summed E-state index contributed by atoms with van der Waals surface area (Å²) in [6.45, 7) is -3.37. The van der Waals surface area contributed by atoms with Gasteiger partial charge >= 0.3 is 29.6 Å². The van der Waals surface area contributed by atoms with Crippen molar-refractivity contribution >= 4 is 29.0 Å². The van der Waals surface area contributed by atoms with Gasteiger partial charge in [0, 0.05) is 42.2 Å². The van der Waals surface area contributed by atoms with Crippen molar-refractivity contribution in [3.8, 4) is 0 Å². The Hall–Kier alpha value is -0.720. The minimum atomic E-state index is -3.71. The summed E-state index contributed by atoms with van der Waals surface area (Å²) in [6, 6.07) is 15.3. The number of hydrogen-bond donors (Lipinski definition) is 1. The molecular weight excluding hydrogens is 364 g/mol. The molecule has 1 aromatic carbocycles. The summed E-state index contributed by atoms with van der Waals surface area (Å²) in [5.74, 6) is 0.367. The summed E-state index contributed by atoms with van der Waals surface area (Å²) in [6.07, 6.45) is 4.00. The normalized spacial score (nSPS) is 13.2. The van der Waals surface area contributed by atoms with Crippen molar-refractivity contribution in [2.75, 3.05) is 6.54 Å². The molecule has 0 saturated heterocycles. The molecule has 0 aliphatic carbocycles. The maximum absolute atomic E-state index is 12.2. The van der Waals surface area contributed by atoms with E-state index in [0.29, 0.717) is 18.7 Å². The molecule has 1 unspecified atom stereocenters. The number of nitrogens with zero attached hydrogens (tertiary/aromatic N) is 2. The minimum Gasteiger partial charge on any atom is -0.780 e. The van der Waals surface area contributed by atoms with E-state index in [9.17, 15) is 9.46 Å². The van der Waals surface area contributed by atoms with Crippen LogP contribution in [0.15, 0.2) is 60.9 Å². The molecule has 1 atom stereocenters. The monoisotopic (exact) mass is 381 g/mol. The van der Waals surface area contributed by atoms with Gasteiger partial charge in [-0.2, -0.15) is 0 Å². The second kappa shape index (κ2) is 9.83. The van der Waals surface area contributed by atoms with E-state index >= 15 is 0 Å². The zero-order chi connectivity index (χ0) is 16.8. The molecule has 3 aromatic rings. The summed E-state index contributed by atoms with van der Waals surface area (Å²) in [7, 11) is 0. The predicted molar refractivity (Wildman–Crippen MR) is 96.6 cm³/mol. The molecule has 8 heteroatoms. The second-order valence-electron chi connectivity index (χ2n) is 5.24. The third-order valence-corrected chi connectivity index (χ3v) is 6.70. The van der Waals surface area contributed by atoms with E-state index in [4.69, 9.17) is 0 Å². The van der Waals surface area contributed by atoms with Crippen molar-refractivity contribution in [3.63, 3.8) is 0 Å². The Morgan fingerprint density at radius 2 is 1.84 bits per heavy atom. The van der Waals surface area contributed by atoms with E-state index in [0.717, 1.165) is 33.5 Å². The van der Waals surface area contributed by atoms with Crippen LogP contribution in [0.1, 0.15) is 11.3 Å². The zero-order valence-corrected chi connectivity index (χ0v) is 17.7. The van der Waals surface area contributed by atoms with Crippen LogP contribution in [0.2, 0.25) is 0 Å². The van der Waals surface area contributed by atoms with Crippen molar-refractivity contribution in [2.45, 2.75) is 12.2 Å². The third-order valence-electron chi connectivity index (χ3n) is 3.52. The van der Waals surface area contributed by atoms with Crippen LogP contribution in [0.3, 0.4) is 0 Å². The Kier molecular flexibility index (Phi) is 8.10. The van der Waals surface area contributed by atoms with E-state index in [-0.39, 0.29) is 29.6 Å². The molecule has 1 N–H and O–H groups in total. The fourth-order valence-electron chi connectivity index (χ4n) is 2.35. The van der Waals surface area contributed by atoms with Gasteiger partial charge in [0.15, 0.2) is 0 Å². The molecule has 0 bridgehead atoms. The first-order chi connectivity index (χ1) is 11.6. The van der Waals surface area contributed by atoms with Crippen LogP contribution in [0.5, 0.6) is 0 Å². The number of aromatic nitrogens is 2. The number of para-hydroxylation sites is 1. The Balaban J connectivity index is 0.00000225. The fourth-order valence-corrected chi connectivity index (χ4v) is 4.84. The van der Waals surface area contributed by atoms with Crippen molar-refractivity contribution in [2.24, 2.45) is 0 Å². The first-order valence-electron chi connectivity index (χ1n) is 7.57. The van der Waals surface area contributed by atoms with Gasteiger partial charge in [0.1, 0.15) is 6.72 Å². The average Bonchev–Trinajstić information content (AvgIpc) is 2.61. The van der Waals surface area contributed by atoms with E-state index in [1.807, 2.05) is 48.5 Å². The molecule has 25 heavy (non-hydrogen) atoms. The zero-order valence-electron chi connectivity index (χ0n) is 14.0. The van der Waals surface area contributed by atoms with Gasteiger partial charge in [0.05, 0.1) is 5.52 Å². The molecule has 0 saturated carbocycles. The van der Waals surface area contributed by atoms with Crippen LogP contribution in [0.25, 0.3) is 10.9 Å². The van der Waals surface area contributed by atoms with Gasteiger partial charge in [0.2, 0.25) is 0 Å². The van der Waals surface area contributed by atoms with Gasteiger partial charge in [-0.15, -0.1) is 0 Å². The Morgan fingerprint density at radius 1 is 1.04 bits per heavy atom. The molecule has 0 spiro atoms. The fraction of sp³-hybridized carbons (Fsp3) is 0.176. The van der Waals surface area contributed by atoms with E-state index in [1.54, 1.807) is 12.4 Å². The van der Waals surface area contributed by atoms with Gasteiger partial charge in [-0.3, -0.25) is 15.1 Å². The van der Waals surface area contributed by atoms with Gasteiger partial charge in [0.25, 0.3) is 0 Å². The molecule has 0 fully saturated rings. The van der Waals surface area contributed by atoms with Crippen LogP contribution in [-0.2, 0) is 16.7 Å². The van der Waals surface area contributed by atoms with Crippen LogP contribution >= 0.6 is 18.1 Å². The molecule has 3 rings (SSSR count). The smallest absolute Gasteiger partial charge is 0.780 e.